The Kier molecular flexibility index (Phi) is 3.98. The Hall–Kier alpha value is -3.39. The minimum atomic E-state index is -0.449. The molecule has 0 aliphatic carbocycles. The van der Waals surface area contributed by atoms with Crippen LogP contribution in [-0.4, -0.2) is 28.3 Å². The molecule has 5 rings (SSSR count). The highest BCUT2D eigenvalue weighted by Crippen LogP contribution is 2.35. The average Bonchev–Trinajstić information content (AvgIpc) is 3.28. The topological polar surface area (TPSA) is 74.9 Å². The summed E-state index contributed by atoms with van der Waals surface area (Å²) in [5.41, 5.74) is 0.704. The summed E-state index contributed by atoms with van der Waals surface area (Å²) in [6.07, 6.45) is 1.37. The molecular formula is C20H15N3O4S. The molecule has 0 amide bonds. The Bertz CT molecular complexity index is 1260. The highest BCUT2D eigenvalue weighted by atomic mass is 32.1. The monoisotopic (exact) mass is 393 g/mol. The van der Waals surface area contributed by atoms with Crippen molar-refractivity contribution in [1.29, 1.82) is 0 Å². The van der Waals surface area contributed by atoms with Crippen molar-refractivity contribution >= 4 is 22.4 Å². The van der Waals surface area contributed by atoms with E-state index in [2.05, 4.69) is 10.1 Å². The smallest absolute Gasteiger partial charge is 0.291 e. The van der Waals surface area contributed by atoms with E-state index < -0.39 is 6.10 Å². The molecule has 0 bridgehead atoms. The summed E-state index contributed by atoms with van der Waals surface area (Å²) in [7, 11) is 1.62. The number of rotatable bonds is 3. The number of methoxy groups -OCH3 is 1. The number of hydrogen-bond acceptors (Lipinski definition) is 7. The average molecular weight is 393 g/mol. The maximum atomic E-state index is 12.7. The van der Waals surface area contributed by atoms with Gasteiger partial charge < -0.3 is 14.2 Å². The molecule has 0 fully saturated rings. The van der Waals surface area contributed by atoms with Gasteiger partial charge in [0.15, 0.2) is 23.4 Å². The van der Waals surface area contributed by atoms with Crippen LogP contribution in [0.2, 0.25) is 0 Å². The van der Waals surface area contributed by atoms with Gasteiger partial charge in [0.05, 0.1) is 11.6 Å². The van der Waals surface area contributed by atoms with Crippen LogP contribution >= 0.6 is 11.3 Å². The molecule has 4 aromatic rings. The molecule has 0 unspecified atom stereocenters. The van der Waals surface area contributed by atoms with Crippen molar-refractivity contribution in [1.82, 2.24) is 14.6 Å². The first-order valence-electron chi connectivity index (χ1n) is 8.65. The van der Waals surface area contributed by atoms with Crippen molar-refractivity contribution in [3.63, 3.8) is 0 Å². The molecule has 1 atom stereocenters. The van der Waals surface area contributed by atoms with Crippen molar-refractivity contribution in [3.8, 4) is 17.2 Å². The molecule has 0 N–H and O–H groups in total. The predicted molar refractivity (Wildman–Crippen MR) is 104 cm³/mol. The summed E-state index contributed by atoms with van der Waals surface area (Å²) in [5, 5.41) is 4.36. The summed E-state index contributed by atoms with van der Waals surface area (Å²) in [4.78, 5) is 17.7. The molecule has 1 aliphatic heterocycles. The third kappa shape index (κ3) is 2.87. The predicted octanol–water partition coefficient (Wildman–Crippen LogP) is 2.22. The van der Waals surface area contributed by atoms with Gasteiger partial charge in [0, 0.05) is 0 Å². The lowest BCUT2D eigenvalue weighted by molar-refractivity contribution is 0.0852. The second-order valence-corrected chi connectivity index (χ2v) is 7.23. The number of para-hydroxylation sites is 2. The van der Waals surface area contributed by atoms with Gasteiger partial charge in [0.1, 0.15) is 12.4 Å². The summed E-state index contributed by atoms with van der Waals surface area (Å²) >= 11 is 1.29. The number of ether oxygens (including phenoxy) is 3. The Labute approximate surface area is 163 Å². The molecule has 0 spiro atoms. The van der Waals surface area contributed by atoms with E-state index in [9.17, 15) is 4.79 Å². The van der Waals surface area contributed by atoms with E-state index >= 15 is 0 Å². The number of hydrogen-bond donors (Lipinski definition) is 0. The first-order chi connectivity index (χ1) is 13.7. The molecule has 8 heteroatoms. The molecular weight excluding hydrogens is 378 g/mol. The highest BCUT2D eigenvalue weighted by molar-refractivity contribution is 7.15. The van der Waals surface area contributed by atoms with Crippen LogP contribution < -0.4 is 24.3 Å². The minimum Gasteiger partial charge on any atom is -0.497 e. The van der Waals surface area contributed by atoms with Gasteiger partial charge in [-0.05, 0) is 35.9 Å². The van der Waals surface area contributed by atoms with Crippen molar-refractivity contribution in [2.24, 2.45) is 0 Å². The third-order valence-corrected chi connectivity index (χ3v) is 5.37. The van der Waals surface area contributed by atoms with E-state index in [0.717, 1.165) is 11.3 Å². The van der Waals surface area contributed by atoms with Gasteiger partial charge in [-0.1, -0.05) is 35.6 Å². The van der Waals surface area contributed by atoms with Gasteiger partial charge in [0.2, 0.25) is 4.96 Å². The van der Waals surface area contributed by atoms with Crippen molar-refractivity contribution < 1.29 is 14.2 Å². The molecule has 0 saturated carbocycles. The lowest BCUT2D eigenvalue weighted by Crippen LogP contribution is -2.26. The maximum absolute atomic E-state index is 12.7. The molecule has 28 heavy (non-hydrogen) atoms. The quantitative estimate of drug-likeness (QED) is 0.531. The molecule has 1 aliphatic rings. The fourth-order valence-corrected chi connectivity index (χ4v) is 3.90. The largest absolute Gasteiger partial charge is 0.497 e. The fraction of sp³-hybridized carbons (Fsp3) is 0.150. The van der Waals surface area contributed by atoms with E-state index in [1.54, 1.807) is 7.11 Å². The molecule has 0 radical (unpaired) electrons. The molecule has 2 aromatic heterocycles. The van der Waals surface area contributed by atoms with E-state index in [1.165, 1.54) is 15.9 Å². The minimum absolute atomic E-state index is 0.202. The van der Waals surface area contributed by atoms with Crippen LogP contribution in [0.25, 0.3) is 11.0 Å². The SMILES string of the molecule is COc1ccc(/C=c2\sc3nc([C@H]4COc5ccccc5O4)nn3c2=O)cc1. The number of thiazole rings is 1. The van der Waals surface area contributed by atoms with Crippen molar-refractivity contribution in [2.75, 3.05) is 13.7 Å². The van der Waals surface area contributed by atoms with E-state index in [0.29, 0.717) is 33.4 Å². The lowest BCUT2D eigenvalue weighted by atomic mass is 10.2. The van der Waals surface area contributed by atoms with Gasteiger partial charge in [-0.2, -0.15) is 9.50 Å². The Morgan fingerprint density at radius 1 is 1.18 bits per heavy atom. The first kappa shape index (κ1) is 16.8. The standard InChI is InChI=1S/C20H15N3O4S/c1-25-13-8-6-12(7-9-13)10-17-19(24)23-20(28-17)21-18(22-23)16-11-26-14-4-2-3-5-15(14)27-16/h2-10,16H,11H2,1H3/b17-10-/t16-/m1/s1. The number of aromatic nitrogens is 3. The second-order valence-electron chi connectivity index (χ2n) is 6.22. The Morgan fingerprint density at radius 3 is 2.71 bits per heavy atom. The third-order valence-electron chi connectivity index (χ3n) is 4.41. The lowest BCUT2D eigenvalue weighted by Gasteiger charge is -2.24. The summed E-state index contributed by atoms with van der Waals surface area (Å²) < 4.78 is 18.7. The van der Waals surface area contributed by atoms with Crippen molar-refractivity contribution in [3.05, 3.63) is 74.8 Å². The van der Waals surface area contributed by atoms with Gasteiger partial charge in [-0.3, -0.25) is 4.79 Å². The van der Waals surface area contributed by atoms with E-state index in [-0.39, 0.29) is 5.56 Å². The van der Waals surface area contributed by atoms with Gasteiger partial charge in [0.25, 0.3) is 5.56 Å². The van der Waals surface area contributed by atoms with Crippen LogP contribution in [0.15, 0.2) is 53.3 Å². The van der Waals surface area contributed by atoms with Crippen LogP contribution in [0.3, 0.4) is 0 Å². The number of fused-ring (bicyclic) bond motifs is 2. The Morgan fingerprint density at radius 2 is 1.96 bits per heavy atom. The molecule has 3 heterocycles. The van der Waals surface area contributed by atoms with Gasteiger partial charge >= 0.3 is 0 Å². The summed E-state index contributed by atoms with van der Waals surface area (Å²) in [6, 6.07) is 14.9. The van der Waals surface area contributed by atoms with Crippen LogP contribution in [0.4, 0.5) is 0 Å². The van der Waals surface area contributed by atoms with Crippen LogP contribution in [-0.2, 0) is 0 Å². The van der Waals surface area contributed by atoms with Gasteiger partial charge in [-0.25, -0.2) is 0 Å². The van der Waals surface area contributed by atoms with Gasteiger partial charge in [-0.15, -0.1) is 5.10 Å². The van der Waals surface area contributed by atoms with Crippen LogP contribution in [0, 0.1) is 0 Å². The highest BCUT2D eigenvalue weighted by Gasteiger charge is 2.27. The van der Waals surface area contributed by atoms with E-state index in [1.807, 2.05) is 54.6 Å². The second kappa shape index (κ2) is 6.65. The Balaban J connectivity index is 1.47. The molecule has 0 saturated heterocycles. The maximum Gasteiger partial charge on any atom is 0.291 e. The van der Waals surface area contributed by atoms with Crippen LogP contribution in [0.1, 0.15) is 17.5 Å². The summed E-state index contributed by atoms with van der Waals surface area (Å²) in [6.45, 7) is 0.299. The number of benzene rings is 2. The van der Waals surface area contributed by atoms with E-state index in [4.69, 9.17) is 14.2 Å². The molecule has 140 valence electrons. The molecule has 7 nitrogen and oxygen atoms in total. The fourth-order valence-electron chi connectivity index (χ4n) is 2.98. The normalized spacial score (nSPS) is 16.5. The summed E-state index contributed by atoms with van der Waals surface area (Å²) in [5.74, 6) is 2.55. The first-order valence-corrected chi connectivity index (χ1v) is 9.46. The van der Waals surface area contributed by atoms with Crippen molar-refractivity contribution in [2.45, 2.75) is 6.10 Å². The van der Waals surface area contributed by atoms with Crippen LogP contribution in [0.5, 0.6) is 17.2 Å². The zero-order chi connectivity index (χ0) is 19.1. The zero-order valence-corrected chi connectivity index (χ0v) is 15.7. The molecule has 2 aromatic carbocycles. The number of nitrogens with zero attached hydrogens (tertiary/aromatic N) is 3. The zero-order valence-electron chi connectivity index (χ0n) is 14.9.